The van der Waals surface area contributed by atoms with Gasteiger partial charge in [-0.2, -0.15) is 0 Å². The van der Waals surface area contributed by atoms with E-state index in [9.17, 15) is 19.2 Å². The molecule has 0 aromatic heterocycles. The quantitative estimate of drug-likeness (QED) is 0.724. The Balaban J connectivity index is 2.65. The maximum Gasteiger partial charge on any atom is 0.255 e. The number of carbonyl (C=O) groups excluding carboxylic acids is 4. The van der Waals surface area contributed by atoms with Crippen molar-refractivity contribution in [2.75, 3.05) is 0 Å². The lowest BCUT2D eigenvalue weighted by atomic mass is 9.74. The van der Waals surface area contributed by atoms with E-state index in [0.717, 1.165) is 16.2 Å². The van der Waals surface area contributed by atoms with Gasteiger partial charge in [-0.1, -0.05) is 34.1 Å². The second-order valence-electron chi connectivity index (χ2n) is 6.86. The highest BCUT2D eigenvalue weighted by Gasteiger charge is 2.59. The van der Waals surface area contributed by atoms with Gasteiger partial charge < -0.3 is 0 Å². The van der Waals surface area contributed by atoms with Crippen LogP contribution in [0, 0.1) is 5.41 Å². The first-order valence-electron chi connectivity index (χ1n) is 7.79. The first-order valence-corrected chi connectivity index (χ1v) is 7.79. The molecule has 0 unspecified atom stereocenters. The number of hydrogen-bond donors (Lipinski definition) is 0. The van der Waals surface area contributed by atoms with E-state index in [2.05, 4.69) is 0 Å². The molecule has 0 saturated heterocycles. The van der Waals surface area contributed by atoms with E-state index in [4.69, 9.17) is 0 Å². The summed E-state index contributed by atoms with van der Waals surface area (Å²) in [6.07, 6.45) is 6.59. The van der Waals surface area contributed by atoms with E-state index < -0.39 is 34.7 Å². The number of amides is 4. The zero-order chi connectivity index (χ0) is 17.4. The SMILES string of the molecule is CCCCC(N1C(=O)C=CC1=O)(N1C(=O)C=CC1=O)C(C)(C)C. The summed E-state index contributed by atoms with van der Waals surface area (Å²) in [5.41, 5.74) is -2.02. The number of hydrogen-bond acceptors (Lipinski definition) is 4. The van der Waals surface area contributed by atoms with Crippen LogP contribution in [-0.4, -0.2) is 39.1 Å². The van der Waals surface area contributed by atoms with E-state index in [1.807, 2.05) is 27.7 Å². The number of unbranched alkanes of at least 4 members (excludes halogenated alkanes) is 1. The van der Waals surface area contributed by atoms with Gasteiger partial charge in [-0.15, -0.1) is 0 Å². The van der Waals surface area contributed by atoms with Crippen LogP contribution in [0.3, 0.4) is 0 Å². The fraction of sp³-hybridized carbons (Fsp3) is 0.529. The van der Waals surface area contributed by atoms with E-state index in [1.54, 1.807) is 0 Å². The molecule has 0 aromatic rings. The standard InChI is InChI=1S/C17H22N2O4/c1-5-6-11-17(16(2,3)4,18-12(20)7-8-13(18)21)19-14(22)9-10-15(19)23/h7-10H,5-6,11H2,1-4H3. The Hall–Kier alpha value is -2.24. The van der Waals surface area contributed by atoms with Crippen molar-refractivity contribution in [1.29, 1.82) is 0 Å². The molecule has 0 aromatic carbocycles. The highest BCUT2D eigenvalue weighted by atomic mass is 16.2. The van der Waals surface area contributed by atoms with E-state index in [-0.39, 0.29) is 0 Å². The second kappa shape index (κ2) is 5.76. The average Bonchev–Trinajstić information content (AvgIpc) is 2.95. The van der Waals surface area contributed by atoms with Crippen molar-refractivity contribution in [3.8, 4) is 0 Å². The Morgan fingerprint density at radius 1 is 0.783 bits per heavy atom. The highest BCUT2D eigenvalue weighted by Crippen LogP contribution is 2.45. The third-order valence-electron chi connectivity index (χ3n) is 4.44. The molecule has 23 heavy (non-hydrogen) atoms. The van der Waals surface area contributed by atoms with Crippen molar-refractivity contribution >= 4 is 23.6 Å². The minimum absolute atomic E-state index is 0.352. The van der Waals surface area contributed by atoms with Crippen LogP contribution >= 0.6 is 0 Å². The van der Waals surface area contributed by atoms with Crippen LogP contribution in [0.5, 0.6) is 0 Å². The third kappa shape index (κ3) is 2.52. The van der Waals surface area contributed by atoms with Gasteiger partial charge in [-0.25, -0.2) is 0 Å². The predicted octanol–water partition coefficient (Wildman–Crippen LogP) is 1.77. The van der Waals surface area contributed by atoms with Crippen LogP contribution < -0.4 is 0 Å². The van der Waals surface area contributed by atoms with Crippen LogP contribution in [-0.2, 0) is 19.2 Å². The Bertz CT molecular complexity index is 547. The van der Waals surface area contributed by atoms with Gasteiger partial charge in [0.25, 0.3) is 23.6 Å². The molecular weight excluding hydrogens is 296 g/mol. The molecule has 124 valence electrons. The number of carbonyl (C=O) groups is 4. The zero-order valence-corrected chi connectivity index (χ0v) is 14.0. The molecule has 0 fully saturated rings. The summed E-state index contributed by atoms with van der Waals surface area (Å²) in [5, 5.41) is 0. The maximum absolute atomic E-state index is 12.4. The van der Waals surface area contributed by atoms with E-state index >= 15 is 0 Å². The van der Waals surface area contributed by atoms with Crippen molar-refractivity contribution in [2.45, 2.75) is 52.6 Å². The van der Waals surface area contributed by atoms with Crippen LogP contribution in [0.1, 0.15) is 47.0 Å². The fourth-order valence-electron chi connectivity index (χ4n) is 3.32. The van der Waals surface area contributed by atoms with Crippen LogP contribution in [0.2, 0.25) is 0 Å². The predicted molar refractivity (Wildman–Crippen MR) is 83.7 cm³/mol. The lowest BCUT2D eigenvalue weighted by Crippen LogP contribution is -2.70. The van der Waals surface area contributed by atoms with Crippen molar-refractivity contribution in [2.24, 2.45) is 5.41 Å². The zero-order valence-electron chi connectivity index (χ0n) is 14.0. The Morgan fingerprint density at radius 2 is 1.13 bits per heavy atom. The molecule has 0 saturated carbocycles. The van der Waals surface area contributed by atoms with Crippen LogP contribution in [0.25, 0.3) is 0 Å². The summed E-state index contributed by atoms with van der Waals surface area (Å²) < 4.78 is 0. The lowest BCUT2D eigenvalue weighted by molar-refractivity contribution is -0.179. The molecular formula is C17H22N2O4. The molecule has 6 nitrogen and oxygen atoms in total. The van der Waals surface area contributed by atoms with Gasteiger partial charge in [-0.3, -0.25) is 29.0 Å². The molecule has 6 heteroatoms. The molecule has 0 radical (unpaired) electrons. The minimum atomic E-state index is -1.32. The molecule has 4 amide bonds. The first kappa shape index (κ1) is 17.1. The molecule has 0 N–H and O–H groups in total. The fourth-order valence-corrected chi connectivity index (χ4v) is 3.32. The van der Waals surface area contributed by atoms with Gasteiger partial charge in [0.1, 0.15) is 5.66 Å². The van der Waals surface area contributed by atoms with E-state index in [1.165, 1.54) is 24.3 Å². The maximum atomic E-state index is 12.4. The molecule has 2 heterocycles. The van der Waals surface area contributed by atoms with Gasteiger partial charge in [0.05, 0.1) is 0 Å². The summed E-state index contributed by atoms with van der Waals surface area (Å²) in [5.74, 6) is -1.97. The Morgan fingerprint density at radius 3 is 1.39 bits per heavy atom. The molecule has 0 bridgehead atoms. The lowest BCUT2D eigenvalue weighted by Gasteiger charge is -2.53. The molecule has 0 spiro atoms. The van der Waals surface area contributed by atoms with Gasteiger partial charge in [0.15, 0.2) is 0 Å². The van der Waals surface area contributed by atoms with Crippen LogP contribution in [0.4, 0.5) is 0 Å². The number of imide groups is 2. The summed E-state index contributed by atoms with van der Waals surface area (Å²) in [7, 11) is 0. The smallest absolute Gasteiger partial charge is 0.255 e. The summed E-state index contributed by atoms with van der Waals surface area (Å²) >= 11 is 0. The summed E-state index contributed by atoms with van der Waals surface area (Å²) in [6.45, 7) is 7.48. The van der Waals surface area contributed by atoms with Crippen molar-refractivity contribution < 1.29 is 19.2 Å². The first-order chi connectivity index (χ1) is 10.7. The monoisotopic (exact) mass is 318 g/mol. The minimum Gasteiger partial charge on any atom is -0.269 e. The second-order valence-corrected chi connectivity index (χ2v) is 6.86. The highest BCUT2D eigenvalue weighted by molar-refractivity contribution is 6.17. The molecule has 0 aliphatic carbocycles. The Kier molecular flexibility index (Phi) is 4.28. The number of rotatable bonds is 5. The van der Waals surface area contributed by atoms with Gasteiger partial charge >= 0.3 is 0 Å². The summed E-state index contributed by atoms with van der Waals surface area (Å²) in [6, 6.07) is 0. The summed E-state index contributed by atoms with van der Waals surface area (Å²) in [4.78, 5) is 51.6. The molecule has 2 rings (SSSR count). The molecule has 2 aliphatic heterocycles. The van der Waals surface area contributed by atoms with Crippen molar-refractivity contribution in [1.82, 2.24) is 9.80 Å². The van der Waals surface area contributed by atoms with Gasteiger partial charge in [-0.05, 0) is 12.8 Å². The van der Waals surface area contributed by atoms with E-state index in [0.29, 0.717) is 12.8 Å². The Labute approximate surface area is 135 Å². The largest absolute Gasteiger partial charge is 0.269 e. The van der Waals surface area contributed by atoms with Gasteiger partial charge in [0.2, 0.25) is 0 Å². The van der Waals surface area contributed by atoms with Crippen LogP contribution in [0.15, 0.2) is 24.3 Å². The molecule has 2 aliphatic rings. The molecule has 0 atom stereocenters. The third-order valence-corrected chi connectivity index (χ3v) is 4.44. The average molecular weight is 318 g/mol. The normalized spacial score (nSPS) is 18.8. The number of nitrogens with zero attached hydrogens (tertiary/aromatic N) is 2. The van der Waals surface area contributed by atoms with Gasteiger partial charge in [0, 0.05) is 29.7 Å². The van der Waals surface area contributed by atoms with Crippen molar-refractivity contribution in [3.63, 3.8) is 0 Å². The topological polar surface area (TPSA) is 74.8 Å². The van der Waals surface area contributed by atoms with Crippen molar-refractivity contribution in [3.05, 3.63) is 24.3 Å².